The molecule has 0 saturated heterocycles. The molecule has 28 heavy (non-hydrogen) atoms. The summed E-state index contributed by atoms with van der Waals surface area (Å²) in [6.07, 6.45) is -1.54. The number of aromatic nitrogens is 2. The van der Waals surface area contributed by atoms with Crippen LogP contribution < -0.4 is 14.8 Å². The van der Waals surface area contributed by atoms with Gasteiger partial charge in [-0.2, -0.15) is 13.2 Å². The molecule has 6 nitrogen and oxygen atoms in total. The van der Waals surface area contributed by atoms with Crippen LogP contribution in [0.3, 0.4) is 0 Å². The number of carbonyl (C=O) groups excluding carboxylic acids is 1. The highest BCUT2D eigenvalue weighted by molar-refractivity contribution is 6.04. The quantitative estimate of drug-likeness (QED) is 0.693. The standard InChI is InChI=1S/C19H14F3N3O3/c1-27-18-15(3-2-10-23-18)28-16-9-8-14(11-24-16)25-17(26)12-4-6-13(7-5-12)19(20,21)22/h2-11H,1H3,(H,25,26). The number of methoxy groups -OCH3 is 1. The summed E-state index contributed by atoms with van der Waals surface area (Å²) in [4.78, 5) is 20.2. The molecule has 144 valence electrons. The number of amides is 1. The second kappa shape index (κ2) is 7.95. The second-order valence-electron chi connectivity index (χ2n) is 5.53. The molecule has 0 fully saturated rings. The Morgan fingerprint density at radius 1 is 1.04 bits per heavy atom. The van der Waals surface area contributed by atoms with E-state index in [9.17, 15) is 18.0 Å². The maximum absolute atomic E-state index is 12.6. The van der Waals surface area contributed by atoms with Crippen molar-refractivity contribution in [2.75, 3.05) is 12.4 Å². The molecular formula is C19H14F3N3O3. The van der Waals surface area contributed by atoms with Crippen LogP contribution in [0, 0.1) is 0 Å². The minimum absolute atomic E-state index is 0.0911. The molecular weight excluding hydrogens is 375 g/mol. The fourth-order valence-corrected chi connectivity index (χ4v) is 2.25. The van der Waals surface area contributed by atoms with E-state index in [4.69, 9.17) is 9.47 Å². The number of rotatable bonds is 5. The van der Waals surface area contributed by atoms with Crippen LogP contribution in [0.5, 0.6) is 17.5 Å². The lowest BCUT2D eigenvalue weighted by Gasteiger charge is -2.10. The molecule has 3 aromatic rings. The minimum atomic E-state index is -4.45. The number of ether oxygens (including phenoxy) is 2. The molecule has 0 aliphatic carbocycles. The van der Waals surface area contributed by atoms with Crippen molar-refractivity contribution in [3.05, 3.63) is 72.1 Å². The molecule has 0 spiro atoms. The van der Waals surface area contributed by atoms with Crippen molar-refractivity contribution in [1.29, 1.82) is 0 Å². The third kappa shape index (κ3) is 4.56. The molecule has 1 N–H and O–H groups in total. The van der Waals surface area contributed by atoms with E-state index in [0.29, 0.717) is 17.3 Å². The number of hydrogen-bond acceptors (Lipinski definition) is 5. The Bertz CT molecular complexity index is 959. The van der Waals surface area contributed by atoms with Crippen LogP contribution in [0.25, 0.3) is 0 Å². The van der Waals surface area contributed by atoms with Gasteiger partial charge in [0.1, 0.15) is 0 Å². The second-order valence-corrected chi connectivity index (χ2v) is 5.53. The van der Waals surface area contributed by atoms with Gasteiger partial charge < -0.3 is 14.8 Å². The van der Waals surface area contributed by atoms with Crippen LogP contribution in [-0.4, -0.2) is 23.0 Å². The van der Waals surface area contributed by atoms with Crippen molar-refractivity contribution in [1.82, 2.24) is 9.97 Å². The average molecular weight is 389 g/mol. The van der Waals surface area contributed by atoms with Gasteiger partial charge in [0.2, 0.25) is 5.88 Å². The SMILES string of the molecule is COc1ncccc1Oc1ccc(NC(=O)c2ccc(C(F)(F)F)cc2)cn1. The van der Waals surface area contributed by atoms with Crippen molar-refractivity contribution in [2.45, 2.75) is 6.18 Å². The topological polar surface area (TPSA) is 73.3 Å². The zero-order valence-electron chi connectivity index (χ0n) is 14.5. The maximum Gasteiger partial charge on any atom is 0.416 e. The number of pyridine rings is 2. The molecule has 0 aliphatic heterocycles. The third-order valence-corrected chi connectivity index (χ3v) is 3.61. The number of nitrogens with one attached hydrogen (secondary N) is 1. The highest BCUT2D eigenvalue weighted by Gasteiger charge is 2.30. The van der Waals surface area contributed by atoms with Crippen LogP contribution in [0.2, 0.25) is 0 Å². The van der Waals surface area contributed by atoms with Gasteiger partial charge in [-0.3, -0.25) is 4.79 Å². The summed E-state index contributed by atoms with van der Waals surface area (Å²) >= 11 is 0. The Morgan fingerprint density at radius 2 is 1.79 bits per heavy atom. The largest absolute Gasteiger partial charge is 0.478 e. The van der Waals surface area contributed by atoms with Gasteiger partial charge in [-0.25, -0.2) is 9.97 Å². The van der Waals surface area contributed by atoms with Crippen LogP contribution in [0.15, 0.2) is 60.9 Å². The fraction of sp³-hybridized carbons (Fsp3) is 0.105. The van der Waals surface area contributed by atoms with E-state index in [1.807, 2.05) is 0 Å². The van der Waals surface area contributed by atoms with Crippen molar-refractivity contribution >= 4 is 11.6 Å². The summed E-state index contributed by atoms with van der Waals surface area (Å²) in [5, 5.41) is 2.55. The first-order valence-electron chi connectivity index (χ1n) is 7.98. The Kier molecular flexibility index (Phi) is 5.44. The molecule has 2 heterocycles. The first-order valence-corrected chi connectivity index (χ1v) is 7.98. The number of anilines is 1. The molecule has 0 saturated carbocycles. The van der Waals surface area contributed by atoms with Gasteiger partial charge in [-0.05, 0) is 42.5 Å². The monoisotopic (exact) mass is 389 g/mol. The molecule has 2 aromatic heterocycles. The predicted octanol–water partition coefficient (Wildman–Crippen LogP) is 4.55. The zero-order chi connectivity index (χ0) is 20.1. The first-order chi connectivity index (χ1) is 13.4. The Balaban J connectivity index is 1.66. The predicted molar refractivity (Wildman–Crippen MR) is 94.5 cm³/mol. The summed E-state index contributed by atoms with van der Waals surface area (Å²) in [7, 11) is 1.46. The zero-order valence-corrected chi connectivity index (χ0v) is 14.5. The summed E-state index contributed by atoms with van der Waals surface area (Å²) in [6.45, 7) is 0. The molecule has 0 unspecified atom stereocenters. The van der Waals surface area contributed by atoms with Crippen molar-refractivity contribution in [3.8, 4) is 17.5 Å². The summed E-state index contributed by atoms with van der Waals surface area (Å²) in [6, 6.07) is 10.3. The van der Waals surface area contributed by atoms with Gasteiger partial charge in [-0.1, -0.05) is 0 Å². The van der Waals surface area contributed by atoms with Gasteiger partial charge in [0, 0.05) is 17.8 Å². The molecule has 1 aromatic carbocycles. The lowest BCUT2D eigenvalue weighted by atomic mass is 10.1. The summed E-state index contributed by atoms with van der Waals surface area (Å²) in [5.41, 5.74) is -0.373. The van der Waals surface area contributed by atoms with E-state index in [1.54, 1.807) is 24.4 Å². The van der Waals surface area contributed by atoms with Gasteiger partial charge in [0.25, 0.3) is 11.8 Å². The van der Waals surface area contributed by atoms with E-state index in [1.165, 1.54) is 19.4 Å². The number of halogens is 3. The van der Waals surface area contributed by atoms with Crippen LogP contribution in [0.4, 0.5) is 18.9 Å². The molecule has 1 amide bonds. The first kappa shape index (κ1) is 19.2. The van der Waals surface area contributed by atoms with Gasteiger partial charge >= 0.3 is 6.18 Å². The molecule has 3 rings (SSSR count). The van der Waals surface area contributed by atoms with E-state index in [2.05, 4.69) is 15.3 Å². The molecule has 0 radical (unpaired) electrons. The van der Waals surface area contributed by atoms with Crippen LogP contribution in [0.1, 0.15) is 15.9 Å². The van der Waals surface area contributed by atoms with E-state index in [0.717, 1.165) is 24.3 Å². The van der Waals surface area contributed by atoms with E-state index < -0.39 is 17.6 Å². The third-order valence-electron chi connectivity index (χ3n) is 3.61. The lowest BCUT2D eigenvalue weighted by Crippen LogP contribution is -2.13. The molecule has 0 bridgehead atoms. The van der Waals surface area contributed by atoms with Crippen LogP contribution >= 0.6 is 0 Å². The van der Waals surface area contributed by atoms with E-state index in [-0.39, 0.29) is 11.4 Å². The van der Waals surface area contributed by atoms with Crippen molar-refractivity contribution in [2.24, 2.45) is 0 Å². The van der Waals surface area contributed by atoms with Crippen LogP contribution in [-0.2, 0) is 6.18 Å². The lowest BCUT2D eigenvalue weighted by molar-refractivity contribution is -0.137. The molecule has 9 heteroatoms. The number of carbonyl (C=O) groups is 1. The number of benzene rings is 1. The van der Waals surface area contributed by atoms with Gasteiger partial charge in [0.05, 0.1) is 24.6 Å². The van der Waals surface area contributed by atoms with Crippen molar-refractivity contribution in [3.63, 3.8) is 0 Å². The molecule has 0 aliphatic rings. The number of hydrogen-bond donors (Lipinski definition) is 1. The Hall–Kier alpha value is -3.62. The fourth-order valence-electron chi connectivity index (χ4n) is 2.25. The van der Waals surface area contributed by atoms with Crippen molar-refractivity contribution < 1.29 is 27.4 Å². The number of nitrogens with zero attached hydrogens (tertiary/aromatic N) is 2. The van der Waals surface area contributed by atoms with E-state index >= 15 is 0 Å². The normalized spacial score (nSPS) is 11.0. The Morgan fingerprint density at radius 3 is 2.39 bits per heavy atom. The highest BCUT2D eigenvalue weighted by Crippen LogP contribution is 2.30. The van der Waals surface area contributed by atoms with Gasteiger partial charge in [-0.15, -0.1) is 0 Å². The minimum Gasteiger partial charge on any atom is -0.478 e. The summed E-state index contributed by atoms with van der Waals surface area (Å²) in [5.74, 6) is 0.361. The maximum atomic E-state index is 12.6. The molecule has 0 atom stereocenters. The number of alkyl halides is 3. The highest BCUT2D eigenvalue weighted by atomic mass is 19.4. The Labute approximate surface area is 158 Å². The average Bonchev–Trinajstić information content (AvgIpc) is 2.69. The summed E-state index contributed by atoms with van der Waals surface area (Å²) < 4.78 is 48.4. The van der Waals surface area contributed by atoms with Gasteiger partial charge in [0.15, 0.2) is 5.75 Å². The smallest absolute Gasteiger partial charge is 0.416 e.